The van der Waals surface area contributed by atoms with Crippen molar-refractivity contribution in [2.24, 2.45) is 0 Å². The van der Waals surface area contributed by atoms with Crippen molar-refractivity contribution in [1.29, 1.82) is 0 Å². The highest BCUT2D eigenvalue weighted by atomic mass is 127. The van der Waals surface area contributed by atoms with Gasteiger partial charge in [0.1, 0.15) is 35.2 Å². The fourth-order valence-corrected chi connectivity index (χ4v) is 5.36. The molecular weight excluding hydrogens is 595 g/mol. The van der Waals surface area contributed by atoms with Gasteiger partial charge in [-0.3, -0.25) is 18.5 Å². The number of rotatable bonds is 6. The van der Waals surface area contributed by atoms with Crippen molar-refractivity contribution in [3.05, 3.63) is 48.4 Å². The van der Waals surface area contributed by atoms with E-state index in [1.165, 1.54) is 6.92 Å². The molecule has 1 aliphatic heterocycles. The molecule has 0 unspecified atom stereocenters. The summed E-state index contributed by atoms with van der Waals surface area (Å²) >= 11 is 2.95. The second-order valence-electron chi connectivity index (χ2n) is 8.21. The van der Waals surface area contributed by atoms with Crippen molar-refractivity contribution in [2.75, 3.05) is 43.6 Å². The Balaban J connectivity index is 1.72. The first-order chi connectivity index (χ1) is 17.5. The molecule has 0 saturated carbocycles. The van der Waals surface area contributed by atoms with Crippen LogP contribution in [0, 0.1) is 0 Å². The molecule has 0 radical (unpaired) electrons. The van der Waals surface area contributed by atoms with E-state index in [-0.39, 0.29) is 11.8 Å². The first kappa shape index (κ1) is 24.7. The van der Waals surface area contributed by atoms with Gasteiger partial charge >= 0.3 is 0 Å². The lowest BCUT2D eigenvalue weighted by molar-refractivity contribution is -0.114. The topological polar surface area (TPSA) is 111 Å². The molecule has 10 nitrogen and oxygen atoms in total. The van der Waals surface area contributed by atoms with E-state index in [4.69, 9.17) is 7.25 Å². The number of fused-ring (bicyclic) bond motifs is 2. The Bertz CT molecular complexity index is 1470. The highest BCUT2D eigenvalue weighted by molar-refractivity contribution is 14.1. The normalized spacial score (nSPS) is 13.8. The van der Waals surface area contributed by atoms with Gasteiger partial charge in [-0.1, -0.05) is 6.07 Å². The van der Waals surface area contributed by atoms with Crippen LogP contribution in [-0.2, 0) is 12.0 Å². The quantitative estimate of drug-likeness (QED) is 0.245. The maximum atomic E-state index is 12.3. The Kier molecular flexibility index (Phi) is 7.27. The van der Waals surface area contributed by atoms with E-state index in [9.17, 15) is 9.59 Å². The fraction of sp³-hybridized carbons (Fsp3) is 0.250. The van der Waals surface area contributed by atoms with E-state index in [1.807, 2.05) is 51.4 Å². The summed E-state index contributed by atoms with van der Waals surface area (Å²) in [7, 11) is 1.59. The molecule has 4 heterocycles. The van der Waals surface area contributed by atoms with E-state index < -0.39 is 0 Å². The van der Waals surface area contributed by atoms with Crippen molar-refractivity contribution in [2.45, 2.75) is 6.92 Å². The molecule has 2 N–H and O–H groups in total. The molecule has 1 aromatic carbocycles. The van der Waals surface area contributed by atoms with Gasteiger partial charge in [-0.25, -0.2) is 7.50 Å². The minimum absolute atomic E-state index is 0.159. The Morgan fingerprint density at radius 3 is 2.67 bits per heavy atom. The lowest BCUT2D eigenvalue weighted by Gasteiger charge is -2.31. The third-order valence-electron chi connectivity index (χ3n) is 6.00. The Labute approximate surface area is 225 Å². The number of hydrogen-bond donors (Lipinski definition) is 2. The first-order valence-corrected chi connectivity index (χ1v) is 12.8. The van der Waals surface area contributed by atoms with Gasteiger partial charge in [-0.2, -0.15) is 0 Å². The first-order valence-electron chi connectivity index (χ1n) is 11.2. The van der Waals surface area contributed by atoms with Crippen molar-refractivity contribution in [3.63, 3.8) is 0 Å². The molecule has 0 spiro atoms. The minimum atomic E-state index is -0.210. The number of ether oxygens (including phenoxy) is 1. The number of benzene rings is 1. The number of aromatic nitrogens is 3. The molecule has 0 aliphatic carbocycles. The predicted molar refractivity (Wildman–Crippen MR) is 149 cm³/mol. The summed E-state index contributed by atoms with van der Waals surface area (Å²) in [5, 5.41) is 7.31. The third-order valence-corrected chi connectivity index (χ3v) is 6.98. The maximum Gasteiger partial charge on any atom is 0.252 e. The van der Waals surface area contributed by atoms with Crippen LogP contribution in [0.3, 0.4) is 0 Å². The number of hydrogen-bond acceptors (Lipinski definition) is 8. The predicted octanol–water partition coefficient (Wildman–Crippen LogP) is 4.18. The van der Waals surface area contributed by atoms with Crippen LogP contribution in [0.15, 0.2) is 42.9 Å². The van der Waals surface area contributed by atoms with Crippen LogP contribution in [0.2, 0.25) is 0 Å². The van der Waals surface area contributed by atoms with Crippen LogP contribution in [0.25, 0.3) is 33.1 Å². The van der Waals surface area contributed by atoms with Crippen LogP contribution in [0.5, 0.6) is 0 Å². The number of halogens is 1. The number of pyridine rings is 2. The zero-order valence-electron chi connectivity index (χ0n) is 19.6. The smallest absolute Gasteiger partial charge is 0.252 e. The Hall–Kier alpha value is -2.94. The second kappa shape index (κ2) is 10.6. The molecule has 1 aliphatic rings. The number of carbonyl (C=O) groups is 2. The zero-order chi connectivity index (χ0) is 25.2. The largest absolute Gasteiger partial charge is 0.378 e. The van der Waals surface area contributed by atoms with Gasteiger partial charge in [0, 0.05) is 55.8 Å². The van der Waals surface area contributed by atoms with Crippen LogP contribution in [-0.4, -0.2) is 59.1 Å². The Morgan fingerprint density at radius 2 is 1.94 bits per heavy atom. The number of nitrogens with one attached hydrogen (secondary N) is 2. The lowest BCUT2D eigenvalue weighted by Crippen LogP contribution is -2.37. The minimum Gasteiger partial charge on any atom is -0.378 e. The van der Waals surface area contributed by atoms with Gasteiger partial charge in [-0.05, 0) is 23.8 Å². The number of morpholine rings is 1. The third kappa shape index (κ3) is 4.73. The highest BCUT2D eigenvalue weighted by Crippen LogP contribution is 2.39. The van der Waals surface area contributed by atoms with Gasteiger partial charge < -0.3 is 20.3 Å². The fourth-order valence-electron chi connectivity index (χ4n) is 4.42. The van der Waals surface area contributed by atoms with Crippen molar-refractivity contribution in [3.8, 4) is 11.1 Å². The average Bonchev–Trinajstić information content (AvgIpc) is 3.25. The summed E-state index contributed by atoms with van der Waals surface area (Å²) < 4.78 is 12.6. The van der Waals surface area contributed by atoms with Gasteiger partial charge in [0.2, 0.25) is 5.91 Å². The van der Waals surface area contributed by atoms with Crippen LogP contribution < -0.4 is 15.5 Å². The van der Waals surface area contributed by atoms with Crippen molar-refractivity contribution < 1.29 is 16.8 Å². The van der Waals surface area contributed by atoms with E-state index in [0.29, 0.717) is 43.2 Å². The monoisotopic (exact) mass is 618 g/mol. The van der Waals surface area contributed by atoms with Crippen LogP contribution in [0.4, 0.5) is 11.4 Å². The number of carbonyl (C=O) groups excluding carboxylic acids is 2. The van der Waals surface area contributed by atoms with Gasteiger partial charge in [0.15, 0.2) is 5.65 Å². The number of amides is 2. The summed E-state index contributed by atoms with van der Waals surface area (Å²) in [6.45, 7) is 4.12. The Morgan fingerprint density at radius 1 is 1.14 bits per heavy atom. The van der Waals surface area contributed by atoms with E-state index in [1.54, 1.807) is 19.4 Å². The highest BCUT2D eigenvalue weighted by Gasteiger charge is 2.21. The lowest BCUT2D eigenvalue weighted by atomic mass is 10.0. The molecule has 0 atom stereocenters. The van der Waals surface area contributed by atoms with E-state index in [0.717, 1.165) is 45.3 Å². The molecule has 4 aromatic rings. The number of nitrogens with zero attached hydrogens (tertiary/aromatic N) is 4. The summed E-state index contributed by atoms with van der Waals surface area (Å²) in [5.74, 6) is -0.369. The molecule has 1 saturated heterocycles. The number of anilines is 2. The maximum absolute atomic E-state index is 12.3. The molecule has 1 fully saturated rings. The summed E-state index contributed by atoms with van der Waals surface area (Å²) in [5.41, 5.74) is 5.35. The van der Waals surface area contributed by atoms with Crippen molar-refractivity contribution >= 4 is 80.4 Å². The molecule has 186 valence electrons. The molecule has 5 rings (SSSR count). The second-order valence-corrected chi connectivity index (χ2v) is 9.96. The van der Waals surface area contributed by atoms with E-state index in [2.05, 4.69) is 31.6 Å². The molecular formula is C24H23IN6O4S. The molecule has 0 bridgehead atoms. The van der Waals surface area contributed by atoms with Crippen molar-refractivity contribution in [1.82, 2.24) is 19.3 Å². The van der Waals surface area contributed by atoms with Gasteiger partial charge in [0.25, 0.3) is 5.91 Å². The molecule has 2 amide bonds. The molecule has 3 aromatic heterocycles. The van der Waals surface area contributed by atoms with Crippen LogP contribution >= 0.6 is 35.2 Å². The SMILES string of the molecule is CNC(=O)c1cnc2c(c1)c(-c1ccc3ncc(NC(C)=O)c(N4CCOCC4)c3c1)cn2SOI. The van der Waals surface area contributed by atoms with Crippen LogP contribution in [0.1, 0.15) is 17.3 Å². The summed E-state index contributed by atoms with van der Waals surface area (Å²) in [4.78, 5) is 35.6. The molecule has 12 heteroatoms. The summed E-state index contributed by atoms with van der Waals surface area (Å²) in [6, 6.07) is 7.87. The average molecular weight is 618 g/mol. The standard InChI is InChI=1S/C24H23IN6O4S/c1-14(32)29-21-12-27-20-4-3-15(9-18(20)22(21)30-5-7-34-8-6-30)19-13-31(36-35-25)23-17(19)10-16(11-28-23)24(33)26-2/h3-4,9-13H,5-8H2,1-2H3,(H,26,33)(H,29,32). The summed E-state index contributed by atoms with van der Waals surface area (Å²) in [6.07, 6.45) is 5.19. The van der Waals surface area contributed by atoms with Gasteiger partial charge in [0.05, 0.1) is 41.9 Å². The zero-order valence-corrected chi connectivity index (χ0v) is 22.6. The van der Waals surface area contributed by atoms with E-state index >= 15 is 0 Å². The van der Waals surface area contributed by atoms with Gasteiger partial charge in [-0.15, -0.1) is 0 Å². The molecule has 36 heavy (non-hydrogen) atoms.